The average Bonchev–Trinajstić information content (AvgIpc) is 2.80. The van der Waals surface area contributed by atoms with Crippen LogP contribution in [0, 0.1) is 11.8 Å². The van der Waals surface area contributed by atoms with Crippen molar-refractivity contribution in [3.8, 4) is 17.6 Å². The number of hydrogen-bond acceptors (Lipinski definition) is 4. The third-order valence-corrected chi connectivity index (χ3v) is 7.60. The van der Waals surface area contributed by atoms with E-state index in [4.69, 9.17) is 5.11 Å². The minimum absolute atomic E-state index is 0.00671. The maximum atomic E-state index is 11.1. The van der Waals surface area contributed by atoms with E-state index < -0.39 is 12.1 Å². The molecule has 0 amide bonds. The molecule has 35 heavy (non-hydrogen) atoms. The average molecular weight is 474 g/mol. The lowest BCUT2D eigenvalue weighted by molar-refractivity contribution is 0.0693. The molecule has 0 aromatic heterocycles. The molecule has 1 aliphatic carbocycles. The Bertz CT molecular complexity index is 1260. The zero-order valence-electron chi connectivity index (χ0n) is 21.3. The lowest BCUT2D eigenvalue weighted by Crippen LogP contribution is -2.35. The van der Waals surface area contributed by atoms with Crippen LogP contribution in [0.3, 0.4) is 0 Å². The summed E-state index contributed by atoms with van der Waals surface area (Å²) in [7, 11) is 2.13. The number of likely N-dealkylation sites (N-methyl/N-ethyl adjacent to an activating group) is 1. The highest BCUT2D eigenvalue weighted by Gasteiger charge is 2.39. The normalized spacial score (nSPS) is 19.7. The number of fused-ring (bicyclic) bond motifs is 1. The largest absolute Gasteiger partial charge is 0.507 e. The van der Waals surface area contributed by atoms with Crippen molar-refractivity contribution in [2.24, 2.45) is 0 Å². The van der Waals surface area contributed by atoms with Crippen LogP contribution in [0.15, 0.2) is 36.4 Å². The minimum Gasteiger partial charge on any atom is -0.507 e. The van der Waals surface area contributed by atoms with E-state index in [1.165, 1.54) is 40.5 Å². The summed E-state index contributed by atoms with van der Waals surface area (Å²) in [6.07, 6.45) is 4.47. The van der Waals surface area contributed by atoms with Gasteiger partial charge in [0.05, 0.1) is 0 Å². The molecule has 0 spiro atoms. The molecule has 1 heterocycles. The maximum Gasteiger partial charge on any atom is 0.339 e. The SMILES string of the molecule is CN1CC=C(c2cc(C(O)C#Cc3ccc(C(=O)O)c(O)c3)cc3c2C(C)(C)CCC3(C)C)CC1. The van der Waals surface area contributed by atoms with Crippen LogP contribution < -0.4 is 0 Å². The second kappa shape index (κ2) is 9.18. The number of carboxylic acids is 1. The predicted octanol–water partition coefficient (Wildman–Crippen LogP) is 5.24. The molecule has 3 N–H and O–H groups in total. The third-order valence-electron chi connectivity index (χ3n) is 7.60. The summed E-state index contributed by atoms with van der Waals surface area (Å²) >= 11 is 0. The fraction of sp³-hybridized carbons (Fsp3) is 0.433. The van der Waals surface area contributed by atoms with E-state index in [2.05, 4.69) is 69.7 Å². The Balaban J connectivity index is 1.79. The highest BCUT2D eigenvalue weighted by atomic mass is 16.4. The Labute approximate surface area is 208 Å². The maximum absolute atomic E-state index is 11.1. The number of phenols is 1. The molecule has 0 saturated heterocycles. The van der Waals surface area contributed by atoms with Crippen molar-refractivity contribution < 1.29 is 20.1 Å². The molecule has 0 bridgehead atoms. The Morgan fingerprint density at radius 1 is 1.09 bits per heavy atom. The smallest absolute Gasteiger partial charge is 0.339 e. The summed E-state index contributed by atoms with van der Waals surface area (Å²) < 4.78 is 0. The summed E-state index contributed by atoms with van der Waals surface area (Å²) in [5, 5.41) is 30.2. The fourth-order valence-electron chi connectivity index (χ4n) is 5.26. The first-order valence-corrected chi connectivity index (χ1v) is 12.2. The van der Waals surface area contributed by atoms with Crippen LogP contribution >= 0.6 is 0 Å². The van der Waals surface area contributed by atoms with Gasteiger partial charge in [-0.25, -0.2) is 4.79 Å². The molecule has 5 nitrogen and oxygen atoms in total. The van der Waals surface area contributed by atoms with E-state index in [1.54, 1.807) is 0 Å². The summed E-state index contributed by atoms with van der Waals surface area (Å²) in [5.41, 5.74) is 6.32. The number of aromatic carboxylic acids is 1. The number of rotatable bonds is 3. The van der Waals surface area contributed by atoms with Gasteiger partial charge in [0.25, 0.3) is 0 Å². The first kappa shape index (κ1) is 25.0. The topological polar surface area (TPSA) is 81.0 Å². The van der Waals surface area contributed by atoms with Crippen molar-refractivity contribution in [2.45, 2.75) is 63.9 Å². The van der Waals surface area contributed by atoms with E-state index in [1.807, 2.05) is 0 Å². The second-order valence-electron chi connectivity index (χ2n) is 11.2. The molecular weight excluding hydrogens is 438 g/mol. The van der Waals surface area contributed by atoms with Crippen LogP contribution in [-0.4, -0.2) is 46.3 Å². The summed E-state index contributed by atoms with van der Waals surface area (Å²) in [6, 6.07) is 8.41. The van der Waals surface area contributed by atoms with Crippen LogP contribution in [0.1, 0.15) is 91.2 Å². The number of aromatic hydroxyl groups is 1. The Hall–Kier alpha value is -3.07. The number of hydrogen-bond donors (Lipinski definition) is 3. The van der Waals surface area contributed by atoms with Gasteiger partial charge >= 0.3 is 5.97 Å². The number of nitrogens with zero attached hydrogens (tertiary/aromatic N) is 1. The molecule has 0 saturated carbocycles. The van der Waals surface area contributed by atoms with Crippen molar-refractivity contribution in [3.63, 3.8) is 0 Å². The van der Waals surface area contributed by atoms with E-state index in [-0.39, 0.29) is 22.1 Å². The van der Waals surface area contributed by atoms with Crippen LogP contribution in [0.2, 0.25) is 0 Å². The molecule has 2 aromatic carbocycles. The van der Waals surface area contributed by atoms with Crippen molar-refractivity contribution >= 4 is 11.5 Å². The second-order valence-corrected chi connectivity index (χ2v) is 11.2. The van der Waals surface area contributed by atoms with E-state index in [0.29, 0.717) is 5.56 Å². The highest BCUT2D eigenvalue weighted by Crippen LogP contribution is 2.49. The van der Waals surface area contributed by atoms with Crippen molar-refractivity contribution in [1.82, 2.24) is 4.90 Å². The number of carbonyl (C=O) groups is 1. The quantitative estimate of drug-likeness (QED) is 0.531. The monoisotopic (exact) mass is 473 g/mol. The van der Waals surface area contributed by atoms with Crippen LogP contribution in [0.25, 0.3) is 5.57 Å². The zero-order chi connectivity index (χ0) is 25.5. The van der Waals surface area contributed by atoms with Crippen molar-refractivity contribution in [2.75, 3.05) is 20.1 Å². The number of aliphatic hydroxyl groups excluding tert-OH is 1. The molecule has 2 aromatic rings. The van der Waals surface area contributed by atoms with Gasteiger partial charge in [0, 0.05) is 18.7 Å². The Kier molecular flexibility index (Phi) is 6.57. The molecule has 1 atom stereocenters. The zero-order valence-corrected chi connectivity index (χ0v) is 21.3. The minimum atomic E-state index is -1.20. The molecule has 0 fully saturated rings. The van der Waals surface area contributed by atoms with Gasteiger partial charge in [-0.15, -0.1) is 0 Å². The van der Waals surface area contributed by atoms with Crippen molar-refractivity contribution in [1.29, 1.82) is 0 Å². The van der Waals surface area contributed by atoms with Gasteiger partial charge in [-0.05, 0) is 89.2 Å². The number of aliphatic hydroxyl groups is 1. The van der Waals surface area contributed by atoms with Crippen LogP contribution in [-0.2, 0) is 10.8 Å². The van der Waals surface area contributed by atoms with E-state index in [0.717, 1.165) is 37.9 Å². The molecule has 4 rings (SSSR count). The van der Waals surface area contributed by atoms with Gasteiger partial charge in [-0.2, -0.15) is 0 Å². The van der Waals surface area contributed by atoms with Gasteiger partial charge in [0.1, 0.15) is 17.4 Å². The van der Waals surface area contributed by atoms with Crippen LogP contribution in [0.4, 0.5) is 0 Å². The molecule has 5 heteroatoms. The molecule has 0 radical (unpaired) electrons. The summed E-state index contributed by atoms with van der Waals surface area (Å²) in [5.74, 6) is 4.26. The molecule has 184 valence electrons. The van der Waals surface area contributed by atoms with Gasteiger partial charge in [0.15, 0.2) is 0 Å². The lowest BCUT2D eigenvalue weighted by atomic mass is 9.61. The lowest BCUT2D eigenvalue weighted by Gasteiger charge is -2.44. The highest BCUT2D eigenvalue weighted by molar-refractivity contribution is 5.90. The number of benzene rings is 2. The van der Waals surface area contributed by atoms with Gasteiger partial charge in [-0.1, -0.05) is 51.7 Å². The molecule has 1 aliphatic heterocycles. The first-order chi connectivity index (χ1) is 16.4. The standard InChI is InChI=1S/C30H35NO4/c1-29(2)12-13-30(3,4)27-23(20-10-14-31(5)15-11-20)17-21(18-24(27)29)25(32)9-7-19-6-8-22(28(34)35)26(33)16-19/h6,8,10,16-18,25,32-33H,11-15H2,1-5H3,(H,34,35). The fourth-order valence-corrected chi connectivity index (χ4v) is 5.26. The number of carboxylic acid groups (broad SMARTS) is 1. The molecular formula is C30H35NO4. The Morgan fingerprint density at radius 2 is 1.80 bits per heavy atom. The third kappa shape index (κ3) is 5.00. The van der Waals surface area contributed by atoms with E-state index in [9.17, 15) is 15.0 Å². The molecule has 1 unspecified atom stereocenters. The first-order valence-electron chi connectivity index (χ1n) is 12.2. The van der Waals surface area contributed by atoms with E-state index >= 15 is 0 Å². The van der Waals surface area contributed by atoms with Crippen molar-refractivity contribution in [3.05, 3.63) is 69.8 Å². The van der Waals surface area contributed by atoms with Gasteiger partial charge in [-0.3, -0.25) is 0 Å². The summed E-state index contributed by atoms with van der Waals surface area (Å²) in [6.45, 7) is 11.1. The molecule has 2 aliphatic rings. The predicted molar refractivity (Wildman–Crippen MR) is 139 cm³/mol. The van der Waals surface area contributed by atoms with Crippen LogP contribution in [0.5, 0.6) is 5.75 Å². The Morgan fingerprint density at radius 3 is 2.43 bits per heavy atom. The summed E-state index contributed by atoms with van der Waals surface area (Å²) in [4.78, 5) is 13.4. The van der Waals surface area contributed by atoms with Gasteiger partial charge < -0.3 is 20.2 Å². The van der Waals surface area contributed by atoms with Gasteiger partial charge in [0.2, 0.25) is 0 Å².